The Labute approximate surface area is 91.9 Å². The van der Waals surface area contributed by atoms with Crippen molar-refractivity contribution >= 4 is 0 Å². The van der Waals surface area contributed by atoms with Crippen molar-refractivity contribution in [3.8, 4) is 17.1 Å². The molecule has 5 heteroatoms. The molecule has 0 saturated carbocycles. The van der Waals surface area contributed by atoms with Gasteiger partial charge in [0.2, 0.25) is 0 Å². The Balaban J connectivity index is 2.66. The van der Waals surface area contributed by atoms with Crippen molar-refractivity contribution < 1.29 is 9.63 Å². The zero-order chi connectivity index (χ0) is 11.7. The topological polar surface area (TPSA) is 68.3 Å². The second-order valence-corrected chi connectivity index (χ2v) is 3.75. The van der Waals surface area contributed by atoms with E-state index < -0.39 is 5.76 Å². The molecule has 1 heterocycles. The summed E-state index contributed by atoms with van der Waals surface area (Å²) in [4.78, 5) is 11.4. The van der Waals surface area contributed by atoms with Gasteiger partial charge in [-0.1, -0.05) is 17.3 Å². The van der Waals surface area contributed by atoms with Gasteiger partial charge in [0.05, 0.1) is 5.56 Å². The van der Waals surface area contributed by atoms with Crippen LogP contribution in [0.2, 0.25) is 0 Å². The molecule has 1 aromatic heterocycles. The summed E-state index contributed by atoms with van der Waals surface area (Å²) in [6, 6.07) is 6.62. The molecule has 1 aromatic carbocycles. The van der Waals surface area contributed by atoms with Gasteiger partial charge in [0, 0.05) is 6.04 Å². The molecule has 0 aliphatic rings. The molecular formula is C11H12N2O3. The van der Waals surface area contributed by atoms with Gasteiger partial charge in [0.15, 0.2) is 5.82 Å². The summed E-state index contributed by atoms with van der Waals surface area (Å²) in [6.07, 6.45) is 0. The quantitative estimate of drug-likeness (QED) is 0.837. The fourth-order valence-electron chi connectivity index (χ4n) is 1.55. The molecule has 84 valence electrons. The van der Waals surface area contributed by atoms with E-state index in [0.29, 0.717) is 11.4 Å². The first-order chi connectivity index (χ1) is 7.61. The standard InChI is InChI=1S/C11H12N2O3/c1-7(2)13-10(12-16-11(13)15)8-5-3-4-6-9(8)14/h3-7,14H,1-2H3. The third-order valence-corrected chi connectivity index (χ3v) is 2.30. The molecule has 0 unspecified atom stereocenters. The van der Waals surface area contributed by atoms with Crippen LogP contribution < -0.4 is 5.76 Å². The van der Waals surface area contributed by atoms with Crippen molar-refractivity contribution in [3.63, 3.8) is 0 Å². The fraction of sp³-hybridized carbons (Fsp3) is 0.273. The van der Waals surface area contributed by atoms with Gasteiger partial charge in [-0.25, -0.2) is 4.79 Å². The number of aromatic hydroxyl groups is 1. The minimum atomic E-state index is -0.520. The van der Waals surface area contributed by atoms with Crippen molar-refractivity contribution in [1.82, 2.24) is 9.72 Å². The molecule has 1 N–H and O–H groups in total. The Morgan fingerprint density at radius 2 is 2.06 bits per heavy atom. The molecule has 0 radical (unpaired) electrons. The number of aromatic nitrogens is 2. The monoisotopic (exact) mass is 220 g/mol. The summed E-state index contributed by atoms with van der Waals surface area (Å²) in [7, 11) is 0. The first-order valence-corrected chi connectivity index (χ1v) is 4.98. The van der Waals surface area contributed by atoms with E-state index in [0.717, 1.165) is 0 Å². The Hall–Kier alpha value is -2.04. The number of phenolic OH excluding ortho intramolecular Hbond substituents is 1. The van der Waals surface area contributed by atoms with Crippen molar-refractivity contribution in [2.45, 2.75) is 19.9 Å². The zero-order valence-electron chi connectivity index (χ0n) is 9.04. The number of benzene rings is 1. The number of hydrogen-bond acceptors (Lipinski definition) is 4. The van der Waals surface area contributed by atoms with E-state index in [4.69, 9.17) is 0 Å². The van der Waals surface area contributed by atoms with Crippen LogP contribution in [0.4, 0.5) is 0 Å². The van der Waals surface area contributed by atoms with E-state index >= 15 is 0 Å². The van der Waals surface area contributed by atoms with Gasteiger partial charge in [-0.15, -0.1) is 0 Å². The van der Waals surface area contributed by atoms with Crippen LogP contribution in [0.3, 0.4) is 0 Å². The van der Waals surface area contributed by atoms with E-state index in [2.05, 4.69) is 9.68 Å². The Kier molecular flexibility index (Phi) is 2.52. The smallest absolute Gasteiger partial charge is 0.442 e. The van der Waals surface area contributed by atoms with Crippen molar-refractivity contribution in [1.29, 1.82) is 0 Å². The van der Waals surface area contributed by atoms with E-state index in [1.54, 1.807) is 24.3 Å². The second kappa shape index (κ2) is 3.84. The summed E-state index contributed by atoms with van der Waals surface area (Å²) in [5.41, 5.74) is 0.488. The highest BCUT2D eigenvalue weighted by molar-refractivity contribution is 5.63. The maximum Gasteiger partial charge on any atom is 0.442 e. The molecule has 0 spiro atoms. The molecule has 16 heavy (non-hydrogen) atoms. The number of nitrogens with zero attached hydrogens (tertiary/aromatic N) is 2. The molecule has 0 saturated heterocycles. The van der Waals surface area contributed by atoms with E-state index in [1.165, 1.54) is 4.57 Å². The van der Waals surface area contributed by atoms with Crippen molar-refractivity contribution in [3.05, 3.63) is 34.8 Å². The lowest BCUT2D eigenvalue weighted by atomic mass is 10.2. The van der Waals surface area contributed by atoms with E-state index in [9.17, 15) is 9.90 Å². The lowest BCUT2D eigenvalue weighted by molar-refractivity contribution is 0.370. The average Bonchev–Trinajstić information content (AvgIpc) is 2.61. The first-order valence-electron chi connectivity index (χ1n) is 4.98. The number of para-hydroxylation sites is 1. The maximum absolute atomic E-state index is 11.4. The maximum atomic E-state index is 11.4. The molecule has 0 atom stereocenters. The molecule has 0 aliphatic carbocycles. The lowest BCUT2D eigenvalue weighted by Gasteiger charge is -2.08. The minimum Gasteiger partial charge on any atom is -0.507 e. The highest BCUT2D eigenvalue weighted by Gasteiger charge is 2.17. The number of hydrogen-bond donors (Lipinski definition) is 1. The first kappa shape index (κ1) is 10.5. The second-order valence-electron chi connectivity index (χ2n) is 3.75. The molecule has 0 aliphatic heterocycles. The lowest BCUT2D eigenvalue weighted by Crippen LogP contribution is -2.17. The van der Waals surface area contributed by atoms with Gasteiger partial charge in [-0.2, -0.15) is 0 Å². The molecule has 2 rings (SSSR count). The summed E-state index contributed by atoms with van der Waals surface area (Å²) in [6.45, 7) is 3.70. The van der Waals surface area contributed by atoms with Crippen LogP contribution in [-0.4, -0.2) is 14.8 Å². The SMILES string of the molecule is CC(C)n1c(-c2ccccc2O)noc1=O. The van der Waals surface area contributed by atoms with E-state index in [1.807, 2.05) is 13.8 Å². The van der Waals surface area contributed by atoms with Gasteiger partial charge in [-0.05, 0) is 26.0 Å². The fourth-order valence-corrected chi connectivity index (χ4v) is 1.55. The van der Waals surface area contributed by atoms with Gasteiger partial charge in [0.1, 0.15) is 5.75 Å². The minimum absolute atomic E-state index is 0.0743. The highest BCUT2D eigenvalue weighted by atomic mass is 16.5. The molecule has 2 aromatic rings. The van der Waals surface area contributed by atoms with Crippen LogP contribution in [-0.2, 0) is 0 Å². The van der Waals surface area contributed by atoms with Gasteiger partial charge >= 0.3 is 5.76 Å². The molecule has 0 bridgehead atoms. The summed E-state index contributed by atoms with van der Waals surface area (Å²) >= 11 is 0. The normalized spacial score (nSPS) is 10.9. The molecule has 0 amide bonds. The van der Waals surface area contributed by atoms with Crippen LogP contribution in [0.1, 0.15) is 19.9 Å². The van der Waals surface area contributed by atoms with Crippen LogP contribution in [0, 0.1) is 0 Å². The van der Waals surface area contributed by atoms with Gasteiger partial charge in [0.25, 0.3) is 0 Å². The summed E-state index contributed by atoms with van der Waals surface area (Å²) in [5.74, 6) is -0.100. The van der Waals surface area contributed by atoms with Gasteiger partial charge < -0.3 is 5.11 Å². The van der Waals surface area contributed by atoms with Crippen LogP contribution in [0.25, 0.3) is 11.4 Å². The third kappa shape index (κ3) is 1.60. The van der Waals surface area contributed by atoms with Crippen molar-refractivity contribution in [2.24, 2.45) is 0 Å². The predicted molar refractivity (Wildman–Crippen MR) is 58.2 cm³/mol. The molecular weight excluding hydrogens is 208 g/mol. The predicted octanol–water partition coefficient (Wildman–Crippen LogP) is 1.79. The van der Waals surface area contributed by atoms with Crippen LogP contribution in [0.5, 0.6) is 5.75 Å². The largest absolute Gasteiger partial charge is 0.507 e. The Bertz CT molecular complexity index is 554. The van der Waals surface area contributed by atoms with E-state index in [-0.39, 0.29) is 11.8 Å². The third-order valence-electron chi connectivity index (χ3n) is 2.30. The van der Waals surface area contributed by atoms with Crippen LogP contribution in [0.15, 0.2) is 33.6 Å². The number of phenols is 1. The molecule has 5 nitrogen and oxygen atoms in total. The van der Waals surface area contributed by atoms with Gasteiger partial charge in [-0.3, -0.25) is 9.09 Å². The summed E-state index contributed by atoms with van der Waals surface area (Å²) < 4.78 is 6.01. The zero-order valence-corrected chi connectivity index (χ0v) is 9.04. The van der Waals surface area contributed by atoms with Crippen molar-refractivity contribution in [2.75, 3.05) is 0 Å². The highest BCUT2D eigenvalue weighted by Crippen LogP contribution is 2.27. The van der Waals surface area contributed by atoms with Crippen LogP contribution >= 0.6 is 0 Å². The Morgan fingerprint density at radius 3 is 2.69 bits per heavy atom. The average molecular weight is 220 g/mol. The number of rotatable bonds is 2. The summed E-state index contributed by atoms with van der Waals surface area (Å²) in [5, 5.41) is 13.4. The Morgan fingerprint density at radius 1 is 1.38 bits per heavy atom. The molecule has 0 fully saturated rings.